The van der Waals surface area contributed by atoms with Gasteiger partial charge in [0.15, 0.2) is 11.6 Å². The zero-order valence-electron chi connectivity index (χ0n) is 15.2. The summed E-state index contributed by atoms with van der Waals surface area (Å²) < 4.78 is 12.3. The lowest BCUT2D eigenvalue weighted by molar-refractivity contribution is -0.121. The van der Waals surface area contributed by atoms with Gasteiger partial charge >= 0.3 is 0 Å². The fourth-order valence-corrected chi connectivity index (χ4v) is 3.14. The molecule has 0 spiro atoms. The molecule has 3 rings (SSSR count). The molecular weight excluding hydrogens is 338 g/mol. The molecule has 1 saturated heterocycles. The van der Waals surface area contributed by atoms with Crippen LogP contribution in [-0.2, 0) is 22.5 Å². The van der Waals surface area contributed by atoms with Gasteiger partial charge in [0.2, 0.25) is 5.91 Å². The van der Waals surface area contributed by atoms with Crippen LogP contribution >= 0.6 is 0 Å². The van der Waals surface area contributed by atoms with Gasteiger partial charge in [-0.25, -0.2) is 0 Å². The van der Waals surface area contributed by atoms with Crippen molar-refractivity contribution >= 4 is 11.7 Å². The van der Waals surface area contributed by atoms with Crippen LogP contribution in [0.2, 0.25) is 0 Å². The van der Waals surface area contributed by atoms with Crippen LogP contribution in [0.15, 0.2) is 4.52 Å². The molecule has 3 heterocycles. The molecule has 0 saturated carbocycles. The van der Waals surface area contributed by atoms with E-state index < -0.39 is 0 Å². The molecule has 0 aliphatic carbocycles. The molecule has 9 nitrogen and oxygen atoms in total. The van der Waals surface area contributed by atoms with Crippen LogP contribution in [0.4, 0.5) is 0 Å². The zero-order valence-corrected chi connectivity index (χ0v) is 15.2. The Morgan fingerprint density at radius 3 is 2.81 bits per heavy atom. The number of rotatable bonds is 7. The van der Waals surface area contributed by atoms with E-state index in [0.29, 0.717) is 41.6 Å². The van der Waals surface area contributed by atoms with E-state index in [1.165, 1.54) is 6.92 Å². The quantitative estimate of drug-likeness (QED) is 0.740. The summed E-state index contributed by atoms with van der Waals surface area (Å²) >= 11 is 0. The fraction of sp³-hybridized carbons (Fsp3) is 0.588. The Kier molecular flexibility index (Phi) is 5.46. The summed E-state index contributed by atoms with van der Waals surface area (Å²) in [6.45, 7) is 6.22. The summed E-state index contributed by atoms with van der Waals surface area (Å²) in [6.07, 6.45) is 2.25. The number of Topliss-reactive ketones (excluding diaryl/α,β-unsaturated/α-hetero) is 1. The number of carbonyl (C=O) groups is 2. The molecule has 0 aromatic carbocycles. The minimum atomic E-state index is -0.187. The Balaban J connectivity index is 1.49. The van der Waals surface area contributed by atoms with Crippen LogP contribution in [0.3, 0.4) is 0 Å². The standard InChI is InChI=1S/C17H23N5O4/c1-10-16(12(3)23)11(2)22(20-10)9-15(24)18-7-6-14-19-17(26-21-14)13-5-4-8-25-13/h13H,4-9H2,1-3H3,(H,18,24)/t13-/m0/s1. The second-order valence-electron chi connectivity index (χ2n) is 6.41. The first-order chi connectivity index (χ1) is 12.5. The molecule has 1 amide bonds. The Hall–Kier alpha value is -2.55. The van der Waals surface area contributed by atoms with E-state index in [9.17, 15) is 9.59 Å². The first-order valence-electron chi connectivity index (χ1n) is 8.71. The lowest BCUT2D eigenvalue weighted by Gasteiger charge is -2.06. The van der Waals surface area contributed by atoms with Gasteiger partial charge in [0.1, 0.15) is 12.6 Å². The van der Waals surface area contributed by atoms with E-state index in [1.54, 1.807) is 18.5 Å². The second kappa shape index (κ2) is 7.77. The molecule has 2 aromatic rings. The summed E-state index contributed by atoms with van der Waals surface area (Å²) in [4.78, 5) is 28.1. The number of hydrogen-bond acceptors (Lipinski definition) is 7. The Morgan fingerprint density at radius 1 is 1.35 bits per heavy atom. The van der Waals surface area contributed by atoms with Crippen molar-refractivity contribution in [2.45, 2.75) is 52.7 Å². The second-order valence-corrected chi connectivity index (χ2v) is 6.41. The highest BCUT2D eigenvalue weighted by Crippen LogP contribution is 2.26. The van der Waals surface area contributed by atoms with E-state index >= 15 is 0 Å². The molecule has 9 heteroatoms. The van der Waals surface area contributed by atoms with Gasteiger partial charge in [0.05, 0.1) is 11.3 Å². The van der Waals surface area contributed by atoms with Gasteiger partial charge in [0.25, 0.3) is 5.89 Å². The van der Waals surface area contributed by atoms with Crippen molar-refractivity contribution in [3.63, 3.8) is 0 Å². The molecule has 2 aromatic heterocycles. The van der Waals surface area contributed by atoms with Crippen LogP contribution in [0, 0.1) is 13.8 Å². The number of amides is 1. The number of aromatic nitrogens is 4. The monoisotopic (exact) mass is 361 g/mol. The van der Waals surface area contributed by atoms with Gasteiger partial charge in [-0.05, 0) is 33.6 Å². The van der Waals surface area contributed by atoms with Crippen LogP contribution in [0.1, 0.15) is 59.3 Å². The fourth-order valence-electron chi connectivity index (χ4n) is 3.14. The normalized spacial score (nSPS) is 16.8. The van der Waals surface area contributed by atoms with Crippen molar-refractivity contribution in [2.24, 2.45) is 0 Å². The highest BCUT2D eigenvalue weighted by Gasteiger charge is 2.23. The maximum Gasteiger partial charge on any atom is 0.255 e. The van der Waals surface area contributed by atoms with Crippen LogP contribution in [0.5, 0.6) is 0 Å². The summed E-state index contributed by atoms with van der Waals surface area (Å²) in [5.41, 5.74) is 1.91. The maximum absolute atomic E-state index is 12.1. The molecule has 140 valence electrons. The summed E-state index contributed by atoms with van der Waals surface area (Å²) in [5, 5.41) is 11.0. The van der Waals surface area contributed by atoms with Gasteiger partial charge in [-0.3, -0.25) is 14.3 Å². The van der Waals surface area contributed by atoms with Gasteiger partial charge in [-0.1, -0.05) is 5.16 Å². The lowest BCUT2D eigenvalue weighted by Crippen LogP contribution is -2.30. The number of nitrogens with zero attached hydrogens (tertiary/aromatic N) is 4. The largest absolute Gasteiger partial charge is 0.368 e. The molecule has 1 aliphatic heterocycles. The first kappa shape index (κ1) is 18.2. The number of nitrogens with one attached hydrogen (secondary N) is 1. The third-order valence-corrected chi connectivity index (χ3v) is 4.39. The van der Waals surface area contributed by atoms with Crippen molar-refractivity contribution in [2.75, 3.05) is 13.2 Å². The predicted octanol–water partition coefficient (Wildman–Crippen LogP) is 1.30. The van der Waals surface area contributed by atoms with Crippen LogP contribution in [-0.4, -0.2) is 44.8 Å². The summed E-state index contributed by atoms with van der Waals surface area (Å²) in [5.74, 6) is 0.809. The minimum absolute atomic E-state index is 0.0502. The Bertz CT molecular complexity index is 804. The highest BCUT2D eigenvalue weighted by atomic mass is 16.5. The van der Waals surface area contributed by atoms with Gasteiger partial charge < -0.3 is 14.6 Å². The molecule has 0 unspecified atom stereocenters. The number of hydrogen-bond donors (Lipinski definition) is 1. The van der Waals surface area contributed by atoms with E-state index in [-0.39, 0.29) is 24.3 Å². The number of ether oxygens (including phenoxy) is 1. The maximum atomic E-state index is 12.1. The third-order valence-electron chi connectivity index (χ3n) is 4.39. The van der Waals surface area contributed by atoms with E-state index in [0.717, 1.165) is 19.4 Å². The molecule has 1 N–H and O–H groups in total. The van der Waals surface area contributed by atoms with E-state index in [4.69, 9.17) is 9.26 Å². The predicted molar refractivity (Wildman–Crippen MR) is 90.6 cm³/mol. The molecule has 0 radical (unpaired) electrons. The SMILES string of the molecule is CC(=O)c1c(C)nn(CC(=O)NCCc2noc([C@@H]3CCCO3)n2)c1C. The van der Waals surface area contributed by atoms with Crippen molar-refractivity contribution in [1.29, 1.82) is 0 Å². The molecule has 26 heavy (non-hydrogen) atoms. The molecule has 1 fully saturated rings. The average molecular weight is 361 g/mol. The van der Waals surface area contributed by atoms with Gasteiger partial charge in [0, 0.05) is 25.3 Å². The topological polar surface area (TPSA) is 112 Å². The zero-order chi connectivity index (χ0) is 18.7. The third kappa shape index (κ3) is 3.98. The summed E-state index contributed by atoms with van der Waals surface area (Å²) in [6, 6.07) is 0. The van der Waals surface area contributed by atoms with Crippen molar-refractivity contribution in [3.05, 3.63) is 28.7 Å². The first-order valence-corrected chi connectivity index (χ1v) is 8.71. The molecule has 0 bridgehead atoms. The van der Waals surface area contributed by atoms with Gasteiger partial charge in [-0.15, -0.1) is 0 Å². The Labute approximate surface area is 151 Å². The summed E-state index contributed by atoms with van der Waals surface area (Å²) in [7, 11) is 0. The van der Waals surface area contributed by atoms with E-state index in [1.807, 2.05) is 0 Å². The van der Waals surface area contributed by atoms with Gasteiger partial charge in [-0.2, -0.15) is 10.1 Å². The Morgan fingerprint density at radius 2 is 2.15 bits per heavy atom. The molecule has 1 atom stereocenters. The average Bonchev–Trinajstić information content (AvgIpc) is 3.29. The number of carbonyl (C=O) groups excluding carboxylic acids is 2. The number of ketones is 1. The van der Waals surface area contributed by atoms with Crippen molar-refractivity contribution in [3.8, 4) is 0 Å². The number of aryl methyl sites for hydroxylation is 1. The molecule has 1 aliphatic rings. The highest BCUT2D eigenvalue weighted by molar-refractivity contribution is 5.96. The van der Waals surface area contributed by atoms with Crippen LogP contribution in [0.25, 0.3) is 0 Å². The van der Waals surface area contributed by atoms with E-state index in [2.05, 4.69) is 20.6 Å². The minimum Gasteiger partial charge on any atom is -0.368 e. The van der Waals surface area contributed by atoms with Crippen molar-refractivity contribution in [1.82, 2.24) is 25.2 Å². The van der Waals surface area contributed by atoms with Crippen LogP contribution < -0.4 is 5.32 Å². The lowest BCUT2D eigenvalue weighted by atomic mass is 10.1. The molecular formula is C17H23N5O4. The smallest absolute Gasteiger partial charge is 0.255 e. The van der Waals surface area contributed by atoms with Crippen molar-refractivity contribution < 1.29 is 18.8 Å².